The van der Waals surface area contributed by atoms with E-state index < -0.39 is 0 Å². The summed E-state index contributed by atoms with van der Waals surface area (Å²) in [6, 6.07) is 9.57. The molecule has 0 aliphatic heterocycles. The van der Waals surface area contributed by atoms with Gasteiger partial charge >= 0.3 is 0 Å². The van der Waals surface area contributed by atoms with Gasteiger partial charge in [-0.15, -0.1) is 0 Å². The van der Waals surface area contributed by atoms with Gasteiger partial charge < -0.3 is 10.0 Å². The van der Waals surface area contributed by atoms with Crippen molar-refractivity contribution >= 4 is 5.91 Å². The first-order chi connectivity index (χ1) is 9.22. The second-order valence-electron chi connectivity index (χ2n) is 4.31. The first-order valence-corrected chi connectivity index (χ1v) is 6.71. The van der Waals surface area contributed by atoms with Crippen LogP contribution >= 0.6 is 0 Å². The Bertz CT molecular complexity index is 441. The van der Waals surface area contributed by atoms with Crippen LogP contribution in [0.3, 0.4) is 0 Å². The van der Waals surface area contributed by atoms with E-state index in [-0.39, 0.29) is 18.6 Å². The number of rotatable bonds is 5. The Morgan fingerprint density at radius 3 is 2.42 bits per heavy atom. The van der Waals surface area contributed by atoms with Crippen LogP contribution in [0.2, 0.25) is 0 Å². The third kappa shape index (κ3) is 4.76. The normalized spacial score (nSPS) is 9.89. The quantitative estimate of drug-likeness (QED) is 0.822. The minimum atomic E-state index is -0.216. The van der Waals surface area contributed by atoms with E-state index in [1.54, 1.807) is 4.90 Å². The van der Waals surface area contributed by atoms with Crippen molar-refractivity contribution in [2.75, 3.05) is 13.2 Å². The summed E-state index contributed by atoms with van der Waals surface area (Å²) in [6.45, 7) is 4.39. The second kappa shape index (κ2) is 8.34. The van der Waals surface area contributed by atoms with Crippen LogP contribution in [-0.2, 0) is 4.79 Å². The monoisotopic (exact) mass is 259 g/mol. The number of carbonyl (C=O) groups excluding carboxylic acids is 1. The summed E-state index contributed by atoms with van der Waals surface area (Å²) in [5, 5.41) is 9.07. The van der Waals surface area contributed by atoms with Crippen molar-refractivity contribution in [1.82, 2.24) is 4.90 Å². The van der Waals surface area contributed by atoms with Crippen LogP contribution in [0.25, 0.3) is 0 Å². The summed E-state index contributed by atoms with van der Waals surface area (Å²) >= 11 is 0. The molecule has 1 N–H and O–H groups in total. The number of amides is 1. The standard InChI is InChI=1S/C16H21NO2/c1-3-15(4-2)17(12-13-18)16(19)11-10-14-8-6-5-7-9-14/h5-9,15,18H,3-4,12-13H2,1-2H3. The van der Waals surface area contributed by atoms with Crippen LogP contribution in [0.5, 0.6) is 0 Å². The van der Waals surface area contributed by atoms with E-state index in [2.05, 4.69) is 11.8 Å². The maximum atomic E-state index is 12.1. The van der Waals surface area contributed by atoms with E-state index in [4.69, 9.17) is 5.11 Å². The van der Waals surface area contributed by atoms with Gasteiger partial charge in [0.1, 0.15) is 0 Å². The molecule has 102 valence electrons. The number of hydrogen-bond donors (Lipinski definition) is 1. The first-order valence-electron chi connectivity index (χ1n) is 6.71. The molecule has 1 rings (SSSR count). The molecule has 0 heterocycles. The van der Waals surface area contributed by atoms with E-state index in [0.717, 1.165) is 18.4 Å². The molecule has 3 nitrogen and oxygen atoms in total. The Hall–Kier alpha value is -1.79. The lowest BCUT2D eigenvalue weighted by Gasteiger charge is -2.27. The molecule has 0 saturated carbocycles. The van der Waals surface area contributed by atoms with E-state index in [1.165, 1.54) is 0 Å². The van der Waals surface area contributed by atoms with E-state index in [9.17, 15) is 4.79 Å². The number of aliphatic hydroxyl groups is 1. The molecular formula is C16H21NO2. The van der Waals surface area contributed by atoms with Gasteiger partial charge in [-0.05, 0) is 25.0 Å². The molecule has 0 atom stereocenters. The van der Waals surface area contributed by atoms with Crippen molar-refractivity contribution in [3.63, 3.8) is 0 Å². The molecular weight excluding hydrogens is 238 g/mol. The van der Waals surface area contributed by atoms with E-state index >= 15 is 0 Å². The molecule has 0 radical (unpaired) electrons. The summed E-state index contributed by atoms with van der Waals surface area (Å²) in [4.78, 5) is 13.8. The topological polar surface area (TPSA) is 40.5 Å². The number of carbonyl (C=O) groups is 1. The largest absolute Gasteiger partial charge is 0.395 e. The molecule has 1 aromatic carbocycles. The lowest BCUT2D eigenvalue weighted by atomic mass is 10.1. The van der Waals surface area contributed by atoms with Crippen LogP contribution in [0.15, 0.2) is 30.3 Å². The molecule has 0 unspecified atom stereocenters. The number of hydrogen-bond acceptors (Lipinski definition) is 2. The van der Waals surface area contributed by atoms with Crippen LogP contribution in [-0.4, -0.2) is 35.1 Å². The minimum absolute atomic E-state index is 0.0325. The highest BCUT2D eigenvalue weighted by Crippen LogP contribution is 2.08. The highest BCUT2D eigenvalue weighted by molar-refractivity contribution is 5.94. The van der Waals surface area contributed by atoms with Crippen molar-refractivity contribution in [1.29, 1.82) is 0 Å². The molecule has 0 aliphatic carbocycles. The Balaban J connectivity index is 2.80. The second-order valence-corrected chi connectivity index (χ2v) is 4.31. The smallest absolute Gasteiger partial charge is 0.299 e. The first kappa shape index (κ1) is 15.3. The molecule has 0 aromatic heterocycles. The van der Waals surface area contributed by atoms with Gasteiger partial charge in [-0.3, -0.25) is 4.79 Å². The number of nitrogens with zero attached hydrogens (tertiary/aromatic N) is 1. The number of benzene rings is 1. The average Bonchev–Trinajstić information content (AvgIpc) is 2.46. The van der Waals surface area contributed by atoms with Gasteiger partial charge in [-0.25, -0.2) is 0 Å². The van der Waals surface area contributed by atoms with Crippen LogP contribution < -0.4 is 0 Å². The van der Waals surface area contributed by atoms with Crippen LogP contribution in [0.4, 0.5) is 0 Å². The molecule has 1 amide bonds. The molecule has 0 saturated heterocycles. The van der Waals surface area contributed by atoms with Gasteiger partial charge in [0.15, 0.2) is 0 Å². The Kier molecular flexibility index (Phi) is 6.70. The number of aliphatic hydroxyl groups excluding tert-OH is 1. The van der Waals surface area contributed by atoms with E-state index in [1.807, 2.05) is 44.2 Å². The molecule has 0 fully saturated rings. The lowest BCUT2D eigenvalue weighted by molar-refractivity contribution is -0.128. The zero-order valence-corrected chi connectivity index (χ0v) is 11.6. The van der Waals surface area contributed by atoms with Gasteiger partial charge in [-0.1, -0.05) is 38.0 Å². The van der Waals surface area contributed by atoms with E-state index in [0.29, 0.717) is 6.54 Å². The third-order valence-electron chi connectivity index (χ3n) is 3.07. The molecule has 0 bridgehead atoms. The maximum absolute atomic E-state index is 12.1. The van der Waals surface area contributed by atoms with Crippen LogP contribution in [0.1, 0.15) is 32.3 Å². The fourth-order valence-corrected chi connectivity index (χ4v) is 2.01. The van der Waals surface area contributed by atoms with Crippen molar-refractivity contribution in [2.45, 2.75) is 32.7 Å². The predicted molar refractivity (Wildman–Crippen MR) is 76.5 cm³/mol. The maximum Gasteiger partial charge on any atom is 0.299 e. The van der Waals surface area contributed by atoms with Gasteiger partial charge in [0.2, 0.25) is 0 Å². The average molecular weight is 259 g/mol. The SMILES string of the molecule is CCC(CC)N(CCO)C(=O)C#Cc1ccccc1. The summed E-state index contributed by atoms with van der Waals surface area (Å²) in [5.74, 6) is 5.31. The van der Waals surface area contributed by atoms with Gasteiger partial charge in [-0.2, -0.15) is 0 Å². The van der Waals surface area contributed by atoms with Crippen molar-refractivity contribution in [3.05, 3.63) is 35.9 Å². The highest BCUT2D eigenvalue weighted by atomic mass is 16.3. The van der Waals surface area contributed by atoms with Gasteiger partial charge in [0.05, 0.1) is 6.61 Å². The predicted octanol–water partition coefficient (Wildman–Crippen LogP) is 2.05. The summed E-state index contributed by atoms with van der Waals surface area (Å²) in [5.41, 5.74) is 0.823. The zero-order chi connectivity index (χ0) is 14.1. The van der Waals surface area contributed by atoms with Crippen molar-refractivity contribution < 1.29 is 9.90 Å². The minimum Gasteiger partial charge on any atom is -0.395 e. The molecule has 3 heteroatoms. The third-order valence-corrected chi connectivity index (χ3v) is 3.07. The van der Waals surface area contributed by atoms with Crippen molar-refractivity contribution in [3.8, 4) is 11.8 Å². The zero-order valence-electron chi connectivity index (χ0n) is 11.6. The van der Waals surface area contributed by atoms with Crippen LogP contribution in [0, 0.1) is 11.8 Å². The Morgan fingerprint density at radius 2 is 1.89 bits per heavy atom. The van der Waals surface area contributed by atoms with Gasteiger partial charge in [0.25, 0.3) is 5.91 Å². The molecule has 19 heavy (non-hydrogen) atoms. The summed E-state index contributed by atoms with van der Waals surface area (Å²) < 4.78 is 0. The Labute approximate surface area is 115 Å². The fourth-order valence-electron chi connectivity index (χ4n) is 2.01. The van der Waals surface area contributed by atoms with Gasteiger partial charge in [0, 0.05) is 24.1 Å². The fraction of sp³-hybridized carbons (Fsp3) is 0.438. The molecule has 0 aliphatic rings. The molecule has 0 spiro atoms. The highest BCUT2D eigenvalue weighted by Gasteiger charge is 2.18. The Morgan fingerprint density at radius 1 is 1.26 bits per heavy atom. The van der Waals surface area contributed by atoms with Crippen molar-refractivity contribution in [2.24, 2.45) is 0 Å². The lowest BCUT2D eigenvalue weighted by Crippen LogP contribution is -2.40. The molecule has 1 aromatic rings. The summed E-state index contributed by atoms with van der Waals surface area (Å²) in [6.07, 6.45) is 1.74. The summed E-state index contributed by atoms with van der Waals surface area (Å²) in [7, 11) is 0.